The maximum absolute atomic E-state index is 12.7. The van der Waals surface area contributed by atoms with E-state index in [1.807, 2.05) is 4.90 Å². The standard InChI is InChI=1S/C15H14N4O4S/c20-12-15(13(21)17-14(24)16-12)7-8-6-9(19(22)23)3-4-10(8)18-5-1-2-11(15)18/h3-4,6,11H,1-2,5,7H2,(H2,16,17,20,21,24)/t11-/m1/s1. The summed E-state index contributed by atoms with van der Waals surface area (Å²) in [5.74, 6) is -0.851. The van der Waals surface area contributed by atoms with Crippen molar-refractivity contribution in [3.8, 4) is 0 Å². The minimum atomic E-state index is -1.30. The van der Waals surface area contributed by atoms with Crippen LogP contribution in [0.5, 0.6) is 0 Å². The van der Waals surface area contributed by atoms with Crippen molar-refractivity contribution in [2.75, 3.05) is 11.4 Å². The molecule has 0 saturated carbocycles. The zero-order valence-electron chi connectivity index (χ0n) is 12.6. The summed E-state index contributed by atoms with van der Waals surface area (Å²) >= 11 is 4.90. The molecule has 2 N–H and O–H groups in total. The van der Waals surface area contributed by atoms with Crippen molar-refractivity contribution < 1.29 is 14.5 Å². The van der Waals surface area contributed by atoms with Gasteiger partial charge in [0.05, 0.1) is 11.0 Å². The number of thiocarbonyl (C=S) groups is 1. The summed E-state index contributed by atoms with van der Waals surface area (Å²) in [5, 5.41) is 16.2. The van der Waals surface area contributed by atoms with Crippen LogP contribution in [0, 0.1) is 15.5 Å². The van der Waals surface area contributed by atoms with Gasteiger partial charge in [-0.25, -0.2) is 0 Å². The minimum Gasteiger partial charge on any atom is -0.367 e. The van der Waals surface area contributed by atoms with E-state index in [0.29, 0.717) is 18.5 Å². The number of benzene rings is 1. The number of nitro benzene ring substituents is 1. The molecule has 9 heteroatoms. The number of anilines is 1. The van der Waals surface area contributed by atoms with Crippen LogP contribution in [0.1, 0.15) is 18.4 Å². The summed E-state index contributed by atoms with van der Waals surface area (Å²) in [6, 6.07) is 4.36. The Hall–Kier alpha value is -2.55. The van der Waals surface area contributed by atoms with Gasteiger partial charge in [-0.05, 0) is 36.7 Å². The molecule has 3 aliphatic rings. The van der Waals surface area contributed by atoms with Crippen molar-refractivity contribution >= 4 is 40.5 Å². The Morgan fingerprint density at radius 3 is 2.67 bits per heavy atom. The van der Waals surface area contributed by atoms with Crippen molar-refractivity contribution in [3.63, 3.8) is 0 Å². The van der Waals surface area contributed by atoms with Crippen LogP contribution in [0.25, 0.3) is 0 Å². The van der Waals surface area contributed by atoms with Crippen molar-refractivity contribution in [2.24, 2.45) is 5.41 Å². The van der Waals surface area contributed by atoms with E-state index in [0.717, 1.165) is 12.1 Å². The quantitative estimate of drug-likeness (QED) is 0.335. The number of amides is 2. The number of hydrogen-bond donors (Lipinski definition) is 2. The van der Waals surface area contributed by atoms with E-state index in [4.69, 9.17) is 12.2 Å². The van der Waals surface area contributed by atoms with Gasteiger partial charge < -0.3 is 15.5 Å². The van der Waals surface area contributed by atoms with E-state index in [9.17, 15) is 19.7 Å². The summed E-state index contributed by atoms with van der Waals surface area (Å²) < 4.78 is 0. The second kappa shape index (κ2) is 4.97. The summed E-state index contributed by atoms with van der Waals surface area (Å²) in [6.45, 7) is 0.711. The first kappa shape index (κ1) is 15.0. The molecule has 3 heterocycles. The summed E-state index contributed by atoms with van der Waals surface area (Å²) in [4.78, 5) is 38.1. The predicted molar refractivity (Wildman–Crippen MR) is 88.5 cm³/mol. The summed E-state index contributed by atoms with van der Waals surface area (Å²) in [6.07, 6.45) is 1.70. The van der Waals surface area contributed by atoms with Gasteiger partial charge in [0.1, 0.15) is 0 Å². The minimum absolute atomic E-state index is 0.00464. The average molecular weight is 346 g/mol. The molecular weight excluding hydrogens is 332 g/mol. The lowest BCUT2D eigenvalue weighted by Gasteiger charge is -2.47. The molecule has 0 aliphatic carbocycles. The van der Waals surface area contributed by atoms with Crippen LogP contribution in [0.15, 0.2) is 18.2 Å². The lowest BCUT2D eigenvalue weighted by atomic mass is 9.69. The highest BCUT2D eigenvalue weighted by atomic mass is 32.1. The second-order valence-corrected chi connectivity index (χ2v) is 6.72. The number of nitrogens with zero attached hydrogens (tertiary/aromatic N) is 2. The lowest BCUT2D eigenvalue weighted by molar-refractivity contribution is -0.384. The molecule has 8 nitrogen and oxygen atoms in total. The Bertz CT molecular complexity index is 789. The van der Waals surface area contributed by atoms with Gasteiger partial charge in [-0.15, -0.1) is 0 Å². The van der Waals surface area contributed by atoms with Crippen molar-refractivity contribution in [1.29, 1.82) is 0 Å². The molecule has 1 spiro atoms. The number of nitrogens with one attached hydrogen (secondary N) is 2. The highest BCUT2D eigenvalue weighted by Crippen LogP contribution is 2.47. The lowest BCUT2D eigenvalue weighted by Crippen LogP contribution is -2.70. The van der Waals surface area contributed by atoms with E-state index < -0.39 is 22.2 Å². The van der Waals surface area contributed by atoms with E-state index in [1.165, 1.54) is 12.1 Å². The fraction of sp³-hybridized carbons (Fsp3) is 0.400. The zero-order chi connectivity index (χ0) is 17.1. The van der Waals surface area contributed by atoms with Crippen LogP contribution >= 0.6 is 12.2 Å². The van der Waals surface area contributed by atoms with Crippen LogP contribution in [0.3, 0.4) is 0 Å². The number of carbonyl (C=O) groups is 2. The van der Waals surface area contributed by atoms with Gasteiger partial charge in [-0.1, -0.05) is 0 Å². The number of hydrogen-bond acceptors (Lipinski definition) is 6. The van der Waals surface area contributed by atoms with Crippen LogP contribution in [-0.2, 0) is 16.0 Å². The van der Waals surface area contributed by atoms with E-state index in [-0.39, 0.29) is 23.3 Å². The first-order chi connectivity index (χ1) is 11.4. The van der Waals surface area contributed by atoms with Gasteiger partial charge >= 0.3 is 0 Å². The predicted octanol–water partition coefficient (Wildman–Crippen LogP) is 0.637. The topological polar surface area (TPSA) is 105 Å². The average Bonchev–Trinajstić information content (AvgIpc) is 3.01. The fourth-order valence-electron chi connectivity index (χ4n) is 4.12. The van der Waals surface area contributed by atoms with Gasteiger partial charge in [0.15, 0.2) is 10.5 Å². The third-order valence-corrected chi connectivity index (χ3v) is 5.34. The van der Waals surface area contributed by atoms with Gasteiger partial charge in [-0.3, -0.25) is 19.7 Å². The first-order valence-corrected chi connectivity index (χ1v) is 8.05. The van der Waals surface area contributed by atoms with Crippen LogP contribution < -0.4 is 15.5 Å². The molecule has 0 aromatic heterocycles. The van der Waals surface area contributed by atoms with Crippen LogP contribution in [-0.4, -0.2) is 34.4 Å². The molecule has 0 unspecified atom stereocenters. The first-order valence-electron chi connectivity index (χ1n) is 7.64. The monoisotopic (exact) mass is 346 g/mol. The number of carbonyl (C=O) groups excluding carboxylic acids is 2. The molecule has 2 amide bonds. The Labute approximate surface area is 142 Å². The molecule has 124 valence electrons. The SMILES string of the molecule is O=C1NC(=S)NC(=O)C12Cc1cc([N+](=O)[O-])ccc1N1CCC[C@@H]12. The fourth-order valence-corrected chi connectivity index (χ4v) is 4.31. The molecule has 1 aromatic carbocycles. The van der Waals surface area contributed by atoms with Gasteiger partial charge in [0.25, 0.3) is 5.69 Å². The smallest absolute Gasteiger partial charge is 0.269 e. The largest absolute Gasteiger partial charge is 0.367 e. The number of nitro groups is 1. The molecule has 1 aromatic rings. The van der Waals surface area contributed by atoms with Crippen molar-refractivity contribution in [1.82, 2.24) is 10.6 Å². The zero-order valence-corrected chi connectivity index (χ0v) is 13.4. The van der Waals surface area contributed by atoms with Crippen LogP contribution in [0.4, 0.5) is 11.4 Å². The third-order valence-electron chi connectivity index (χ3n) is 5.14. The molecule has 24 heavy (non-hydrogen) atoms. The maximum Gasteiger partial charge on any atom is 0.269 e. The van der Waals surface area contributed by atoms with E-state index in [2.05, 4.69) is 10.6 Å². The van der Waals surface area contributed by atoms with Crippen molar-refractivity contribution in [2.45, 2.75) is 25.3 Å². The van der Waals surface area contributed by atoms with Gasteiger partial charge in [0, 0.05) is 30.8 Å². The summed E-state index contributed by atoms with van der Waals surface area (Å²) in [7, 11) is 0. The molecule has 0 bridgehead atoms. The molecule has 0 radical (unpaired) electrons. The Kier molecular flexibility index (Phi) is 3.11. The number of non-ortho nitro benzene ring substituents is 1. The third kappa shape index (κ3) is 1.87. The molecule has 3 aliphatic heterocycles. The van der Waals surface area contributed by atoms with Crippen LogP contribution in [0.2, 0.25) is 0 Å². The Morgan fingerprint density at radius 2 is 2.00 bits per heavy atom. The maximum atomic E-state index is 12.7. The number of rotatable bonds is 1. The van der Waals surface area contributed by atoms with Gasteiger partial charge in [0.2, 0.25) is 11.8 Å². The summed E-state index contributed by atoms with van der Waals surface area (Å²) in [5.41, 5.74) is 0.151. The van der Waals surface area contributed by atoms with E-state index >= 15 is 0 Å². The van der Waals surface area contributed by atoms with Crippen molar-refractivity contribution in [3.05, 3.63) is 33.9 Å². The molecule has 1 atom stereocenters. The molecule has 4 rings (SSSR count). The highest BCUT2D eigenvalue weighted by Gasteiger charge is 2.60. The highest BCUT2D eigenvalue weighted by molar-refractivity contribution is 7.80. The normalized spacial score (nSPS) is 24.2. The van der Waals surface area contributed by atoms with Gasteiger partial charge in [-0.2, -0.15) is 0 Å². The number of fused-ring (bicyclic) bond motifs is 4. The molecule has 2 fully saturated rings. The van der Waals surface area contributed by atoms with E-state index in [1.54, 1.807) is 6.07 Å². The molecule has 2 saturated heterocycles. The Balaban J connectivity index is 1.87. The Morgan fingerprint density at radius 1 is 1.29 bits per heavy atom. The molecular formula is C15H14N4O4S. The second-order valence-electron chi connectivity index (χ2n) is 6.31.